The van der Waals surface area contributed by atoms with Gasteiger partial charge in [0.2, 0.25) is 5.75 Å². The highest BCUT2D eigenvalue weighted by Gasteiger charge is 2.37. The van der Waals surface area contributed by atoms with E-state index in [1.165, 1.54) is 6.07 Å². The first-order chi connectivity index (χ1) is 15.6. The van der Waals surface area contributed by atoms with Crippen LogP contribution in [0.2, 0.25) is 0 Å². The fourth-order valence-corrected chi connectivity index (χ4v) is 3.56. The summed E-state index contributed by atoms with van der Waals surface area (Å²) in [5, 5.41) is 78.5. The largest absolute Gasteiger partial charge is 0.508 e. The maximum atomic E-state index is 12.7. The topological polar surface area (TPSA) is 197 Å². The van der Waals surface area contributed by atoms with E-state index in [9.17, 15) is 45.6 Å². The first-order valence-corrected chi connectivity index (χ1v) is 9.48. The summed E-state index contributed by atoms with van der Waals surface area (Å²) in [6.45, 7) is 0. The van der Waals surface area contributed by atoms with Gasteiger partial charge in [0.25, 0.3) is 0 Å². The molecule has 8 N–H and O–H groups in total. The number of benzene rings is 3. The molecule has 0 fully saturated rings. The number of rotatable bonds is 3. The van der Waals surface area contributed by atoms with Gasteiger partial charge < -0.3 is 50.3 Å². The quantitative estimate of drug-likeness (QED) is 0.212. The molecule has 2 atom stereocenters. The molecule has 0 aliphatic carbocycles. The highest BCUT2D eigenvalue weighted by Crippen LogP contribution is 2.46. The minimum absolute atomic E-state index is 0.0435. The second-order valence-corrected chi connectivity index (χ2v) is 7.37. The molecule has 0 radical (unpaired) electrons. The molecule has 0 saturated carbocycles. The Balaban J connectivity index is 1.76. The second-order valence-electron chi connectivity index (χ2n) is 7.37. The first kappa shape index (κ1) is 21.6. The predicted molar refractivity (Wildman–Crippen MR) is 109 cm³/mol. The van der Waals surface area contributed by atoms with Gasteiger partial charge in [0.05, 0.1) is 0 Å². The van der Waals surface area contributed by atoms with E-state index in [0.29, 0.717) is 0 Å². The van der Waals surface area contributed by atoms with Crippen LogP contribution in [0.3, 0.4) is 0 Å². The predicted octanol–water partition coefficient (Wildman–Crippen LogP) is 2.23. The van der Waals surface area contributed by atoms with E-state index in [1.807, 2.05) is 0 Å². The summed E-state index contributed by atoms with van der Waals surface area (Å²) in [4.78, 5) is 12.7. The van der Waals surface area contributed by atoms with Crippen LogP contribution in [-0.2, 0) is 11.2 Å². The Morgan fingerprint density at radius 3 is 2.12 bits per heavy atom. The molecular formula is C22H18O11. The first-order valence-electron chi connectivity index (χ1n) is 9.48. The van der Waals surface area contributed by atoms with Crippen LogP contribution in [-0.4, -0.2) is 52.9 Å². The normalized spacial score (nSPS) is 17.1. The maximum absolute atomic E-state index is 12.7. The molecular weight excluding hydrogens is 440 g/mol. The van der Waals surface area contributed by atoms with Crippen molar-refractivity contribution in [3.8, 4) is 51.7 Å². The smallest absolute Gasteiger partial charge is 0.342 e. The van der Waals surface area contributed by atoms with Crippen molar-refractivity contribution in [3.63, 3.8) is 0 Å². The molecule has 0 bridgehead atoms. The van der Waals surface area contributed by atoms with Crippen LogP contribution in [0.25, 0.3) is 0 Å². The summed E-state index contributed by atoms with van der Waals surface area (Å²) in [7, 11) is 0. The molecule has 1 aliphatic rings. The van der Waals surface area contributed by atoms with Gasteiger partial charge in [0, 0.05) is 29.7 Å². The van der Waals surface area contributed by atoms with Crippen molar-refractivity contribution in [2.45, 2.75) is 18.6 Å². The summed E-state index contributed by atoms with van der Waals surface area (Å²) < 4.78 is 11.3. The lowest BCUT2D eigenvalue weighted by molar-refractivity contribution is -0.0191. The molecule has 0 unspecified atom stereocenters. The van der Waals surface area contributed by atoms with Crippen LogP contribution >= 0.6 is 0 Å². The van der Waals surface area contributed by atoms with Crippen LogP contribution in [0, 0.1) is 0 Å². The zero-order chi connectivity index (χ0) is 24.0. The molecule has 0 aromatic heterocycles. The van der Waals surface area contributed by atoms with Crippen molar-refractivity contribution in [1.29, 1.82) is 0 Å². The van der Waals surface area contributed by atoms with Crippen molar-refractivity contribution < 1.29 is 55.1 Å². The van der Waals surface area contributed by atoms with Crippen molar-refractivity contribution in [1.82, 2.24) is 0 Å². The molecule has 1 heterocycles. The SMILES string of the molecule is O=C(O[C@@H]1Cc2c(O)cc(O)cc2O[C@H]1c1cc(O)c(O)c(O)c1)c1ccc(O)c(O)c1O. The van der Waals surface area contributed by atoms with Crippen LogP contribution in [0.1, 0.15) is 27.6 Å². The van der Waals surface area contributed by atoms with E-state index < -0.39 is 58.2 Å². The minimum Gasteiger partial charge on any atom is -0.508 e. The number of fused-ring (bicyclic) bond motifs is 1. The van der Waals surface area contributed by atoms with E-state index in [-0.39, 0.29) is 34.8 Å². The third-order valence-electron chi connectivity index (χ3n) is 5.20. The summed E-state index contributed by atoms with van der Waals surface area (Å²) in [5.41, 5.74) is -0.208. The van der Waals surface area contributed by atoms with Crippen molar-refractivity contribution in [2.24, 2.45) is 0 Å². The number of aromatic hydroxyl groups is 8. The molecule has 4 rings (SSSR count). The monoisotopic (exact) mass is 458 g/mol. The van der Waals surface area contributed by atoms with Gasteiger partial charge in [-0.25, -0.2) is 4.79 Å². The Morgan fingerprint density at radius 2 is 1.45 bits per heavy atom. The van der Waals surface area contributed by atoms with Gasteiger partial charge in [-0.1, -0.05) is 0 Å². The molecule has 0 spiro atoms. The van der Waals surface area contributed by atoms with Gasteiger partial charge in [-0.15, -0.1) is 0 Å². The number of phenolic OH excluding ortho intramolecular Hbond substituents is 8. The molecule has 0 saturated heterocycles. The molecule has 3 aromatic rings. The minimum atomic E-state index is -1.21. The van der Waals surface area contributed by atoms with E-state index >= 15 is 0 Å². The van der Waals surface area contributed by atoms with Crippen LogP contribution in [0.15, 0.2) is 36.4 Å². The summed E-state index contributed by atoms with van der Waals surface area (Å²) >= 11 is 0. The van der Waals surface area contributed by atoms with Gasteiger partial charge in [0.1, 0.15) is 28.9 Å². The second kappa shape index (κ2) is 7.79. The standard InChI is InChI=1S/C22H18O11/c23-9-5-13(25)11-7-17(33-22(31)10-1-2-12(24)20(30)18(10)28)21(32-16(11)6-9)8-3-14(26)19(29)15(27)4-8/h1-6,17,21,23-30H,7H2/t17-,21+/m1/s1. The Labute approximate surface area is 185 Å². The lowest BCUT2D eigenvalue weighted by atomic mass is 9.93. The van der Waals surface area contributed by atoms with Crippen LogP contribution in [0.5, 0.6) is 51.7 Å². The fraction of sp³-hybridized carbons (Fsp3) is 0.136. The zero-order valence-electron chi connectivity index (χ0n) is 16.6. The summed E-state index contributed by atoms with van der Waals surface area (Å²) in [6, 6.07) is 6.40. The average molecular weight is 458 g/mol. The van der Waals surface area contributed by atoms with E-state index in [0.717, 1.165) is 30.3 Å². The van der Waals surface area contributed by atoms with Crippen LogP contribution in [0.4, 0.5) is 0 Å². The van der Waals surface area contributed by atoms with Gasteiger partial charge in [0.15, 0.2) is 34.9 Å². The van der Waals surface area contributed by atoms with Gasteiger partial charge in [-0.05, 0) is 24.3 Å². The number of hydrogen-bond acceptors (Lipinski definition) is 11. The van der Waals surface area contributed by atoms with Gasteiger partial charge in [-0.3, -0.25) is 0 Å². The molecule has 11 nitrogen and oxygen atoms in total. The Hall–Kier alpha value is -4.67. The molecule has 11 heteroatoms. The number of phenols is 8. The zero-order valence-corrected chi connectivity index (χ0v) is 16.6. The lowest BCUT2D eigenvalue weighted by Crippen LogP contribution is -2.34. The molecule has 0 amide bonds. The maximum Gasteiger partial charge on any atom is 0.342 e. The molecule has 172 valence electrons. The third kappa shape index (κ3) is 3.76. The molecule has 1 aliphatic heterocycles. The summed E-state index contributed by atoms with van der Waals surface area (Å²) in [6.07, 6.45) is -2.56. The number of carbonyl (C=O) groups excluding carboxylic acids is 1. The Bertz CT molecular complexity index is 1240. The van der Waals surface area contributed by atoms with Crippen LogP contribution < -0.4 is 4.74 Å². The Morgan fingerprint density at radius 1 is 0.788 bits per heavy atom. The van der Waals surface area contributed by atoms with E-state index in [2.05, 4.69) is 0 Å². The number of hydrogen-bond donors (Lipinski definition) is 8. The molecule has 33 heavy (non-hydrogen) atoms. The highest BCUT2D eigenvalue weighted by atomic mass is 16.6. The van der Waals surface area contributed by atoms with E-state index in [1.54, 1.807) is 0 Å². The molecule has 3 aromatic carbocycles. The van der Waals surface area contributed by atoms with E-state index in [4.69, 9.17) is 9.47 Å². The van der Waals surface area contributed by atoms with Crippen molar-refractivity contribution in [3.05, 3.63) is 53.1 Å². The number of carbonyl (C=O) groups is 1. The average Bonchev–Trinajstić information content (AvgIpc) is 2.75. The van der Waals surface area contributed by atoms with Crippen molar-refractivity contribution in [2.75, 3.05) is 0 Å². The number of ether oxygens (including phenoxy) is 2. The van der Waals surface area contributed by atoms with Gasteiger partial charge in [-0.2, -0.15) is 0 Å². The lowest BCUT2D eigenvalue weighted by Gasteiger charge is -2.34. The fourth-order valence-electron chi connectivity index (χ4n) is 3.56. The van der Waals surface area contributed by atoms with Gasteiger partial charge >= 0.3 is 5.97 Å². The highest BCUT2D eigenvalue weighted by molar-refractivity contribution is 5.94. The summed E-state index contributed by atoms with van der Waals surface area (Å²) in [5.74, 6) is -6.34. The van der Waals surface area contributed by atoms with Crippen molar-refractivity contribution >= 4 is 5.97 Å². The number of esters is 1. The third-order valence-corrected chi connectivity index (χ3v) is 5.20. The Kier molecular flexibility index (Phi) is 5.09.